The van der Waals surface area contributed by atoms with Gasteiger partial charge in [-0.1, -0.05) is 17.7 Å². The van der Waals surface area contributed by atoms with Gasteiger partial charge in [-0.3, -0.25) is 4.79 Å². The molecule has 0 radical (unpaired) electrons. The maximum Gasteiger partial charge on any atom is 0.276 e. The molecule has 2 aliphatic heterocycles. The van der Waals surface area contributed by atoms with Crippen LogP contribution in [0.2, 0.25) is 0 Å². The molecule has 7 heteroatoms. The molecule has 4 rings (SSSR count). The van der Waals surface area contributed by atoms with Gasteiger partial charge in [0, 0.05) is 19.0 Å². The second-order valence-electron chi connectivity index (χ2n) is 7.48. The number of hydrogen-bond acceptors (Lipinski definition) is 5. The van der Waals surface area contributed by atoms with E-state index in [1.54, 1.807) is 4.80 Å². The first kappa shape index (κ1) is 18.1. The first-order chi connectivity index (χ1) is 13.0. The van der Waals surface area contributed by atoms with Crippen LogP contribution in [0.3, 0.4) is 0 Å². The van der Waals surface area contributed by atoms with Crippen molar-refractivity contribution in [2.45, 2.75) is 39.9 Å². The Bertz CT molecular complexity index is 842. The molecule has 2 aromatic rings. The van der Waals surface area contributed by atoms with Crippen molar-refractivity contribution < 1.29 is 14.3 Å². The number of rotatable bonds is 3. The van der Waals surface area contributed by atoms with Crippen molar-refractivity contribution in [2.24, 2.45) is 5.92 Å². The molecule has 0 bridgehead atoms. The molecule has 0 N–H and O–H groups in total. The zero-order valence-electron chi connectivity index (χ0n) is 16.1. The molecule has 1 aromatic carbocycles. The van der Waals surface area contributed by atoms with Crippen molar-refractivity contribution in [3.8, 4) is 5.69 Å². The minimum Gasteiger partial charge on any atom is -0.350 e. The van der Waals surface area contributed by atoms with E-state index in [-0.39, 0.29) is 18.1 Å². The fourth-order valence-electron chi connectivity index (χ4n) is 3.93. The number of ether oxygens (including phenoxy) is 2. The Kier molecular flexibility index (Phi) is 4.97. The van der Waals surface area contributed by atoms with Crippen molar-refractivity contribution >= 4 is 5.91 Å². The van der Waals surface area contributed by atoms with Crippen molar-refractivity contribution in [1.29, 1.82) is 0 Å². The molecule has 0 aliphatic carbocycles. The number of aromatic nitrogens is 3. The van der Waals surface area contributed by atoms with Gasteiger partial charge in [-0.25, -0.2) is 0 Å². The average molecular weight is 370 g/mol. The van der Waals surface area contributed by atoms with Gasteiger partial charge in [0.25, 0.3) is 5.91 Å². The number of aryl methyl sites for hydroxylation is 3. The molecule has 144 valence electrons. The van der Waals surface area contributed by atoms with Crippen LogP contribution in [-0.2, 0) is 9.47 Å². The van der Waals surface area contributed by atoms with Crippen LogP contribution in [0.1, 0.15) is 40.2 Å². The van der Waals surface area contributed by atoms with Crippen LogP contribution in [0, 0.1) is 26.7 Å². The number of piperidine rings is 1. The Morgan fingerprint density at radius 2 is 1.93 bits per heavy atom. The van der Waals surface area contributed by atoms with E-state index in [1.165, 1.54) is 5.56 Å². The quantitative estimate of drug-likeness (QED) is 0.830. The normalized spacial score (nSPS) is 21.0. The lowest BCUT2D eigenvalue weighted by atomic mass is 9.97. The molecule has 1 atom stereocenters. The molecular formula is C20H26N4O3. The van der Waals surface area contributed by atoms with Crippen LogP contribution in [-0.4, -0.2) is 58.4 Å². The summed E-state index contributed by atoms with van der Waals surface area (Å²) in [5, 5.41) is 9.01. The number of benzene rings is 1. The van der Waals surface area contributed by atoms with Gasteiger partial charge in [-0.15, -0.1) is 5.10 Å². The predicted octanol–water partition coefficient (Wildman–Crippen LogP) is 2.42. The topological polar surface area (TPSA) is 69.5 Å². The standard InChI is InChI=1S/C20H26N4O3/c1-13-6-7-17(14(2)11-13)24-21-15(3)18(22-24)19(25)23-8-4-5-16(12-23)20-26-9-10-27-20/h6-7,11,16,20H,4-5,8-10,12H2,1-3H3. The molecule has 2 fully saturated rings. The molecule has 27 heavy (non-hydrogen) atoms. The minimum atomic E-state index is -0.187. The lowest BCUT2D eigenvalue weighted by molar-refractivity contribution is -0.0969. The van der Waals surface area contributed by atoms with Crippen LogP contribution in [0.15, 0.2) is 18.2 Å². The minimum absolute atomic E-state index is 0.0637. The monoisotopic (exact) mass is 370 g/mol. The van der Waals surface area contributed by atoms with Crippen LogP contribution in [0.25, 0.3) is 5.69 Å². The SMILES string of the molecule is Cc1ccc(-n2nc(C)c(C(=O)N3CCCC(C4OCCO4)C3)n2)c(C)c1. The zero-order valence-corrected chi connectivity index (χ0v) is 16.1. The summed E-state index contributed by atoms with van der Waals surface area (Å²) in [6, 6.07) is 6.11. The van der Waals surface area contributed by atoms with E-state index in [1.807, 2.05) is 30.9 Å². The Morgan fingerprint density at radius 1 is 1.15 bits per heavy atom. The molecule has 3 heterocycles. The van der Waals surface area contributed by atoms with E-state index in [4.69, 9.17) is 9.47 Å². The summed E-state index contributed by atoms with van der Waals surface area (Å²) in [4.78, 5) is 16.5. The van der Waals surface area contributed by atoms with Gasteiger partial charge in [0.05, 0.1) is 24.6 Å². The summed E-state index contributed by atoms with van der Waals surface area (Å²) in [6.45, 7) is 8.57. The third-order valence-corrected chi connectivity index (χ3v) is 5.33. The zero-order chi connectivity index (χ0) is 19.0. The Hall–Kier alpha value is -2.25. The van der Waals surface area contributed by atoms with Crippen molar-refractivity contribution in [3.05, 3.63) is 40.7 Å². The lowest BCUT2D eigenvalue weighted by Gasteiger charge is -2.34. The van der Waals surface area contributed by atoms with Crippen LogP contribution < -0.4 is 0 Å². The van der Waals surface area contributed by atoms with E-state index >= 15 is 0 Å². The van der Waals surface area contributed by atoms with Gasteiger partial charge in [-0.05, 0) is 45.2 Å². The fraction of sp³-hybridized carbons (Fsp3) is 0.550. The largest absolute Gasteiger partial charge is 0.350 e. The molecule has 1 amide bonds. The molecular weight excluding hydrogens is 344 g/mol. The summed E-state index contributed by atoms with van der Waals surface area (Å²) >= 11 is 0. The van der Waals surface area contributed by atoms with Crippen molar-refractivity contribution in [3.63, 3.8) is 0 Å². The highest BCUT2D eigenvalue weighted by atomic mass is 16.7. The van der Waals surface area contributed by atoms with Crippen molar-refractivity contribution in [2.75, 3.05) is 26.3 Å². The second-order valence-corrected chi connectivity index (χ2v) is 7.48. The number of carbonyl (C=O) groups is 1. The van der Waals surface area contributed by atoms with Gasteiger partial charge in [0.15, 0.2) is 12.0 Å². The van der Waals surface area contributed by atoms with Crippen LogP contribution in [0.4, 0.5) is 0 Å². The van der Waals surface area contributed by atoms with E-state index < -0.39 is 0 Å². The molecule has 0 spiro atoms. The number of carbonyl (C=O) groups excluding carboxylic acids is 1. The molecule has 0 saturated carbocycles. The number of likely N-dealkylation sites (tertiary alicyclic amines) is 1. The fourth-order valence-corrected chi connectivity index (χ4v) is 3.93. The van der Waals surface area contributed by atoms with E-state index in [9.17, 15) is 4.79 Å². The molecule has 2 saturated heterocycles. The highest BCUT2D eigenvalue weighted by molar-refractivity contribution is 5.93. The first-order valence-electron chi connectivity index (χ1n) is 9.57. The van der Waals surface area contributed by atoms with Crippen molar-refractivity contribution in [1.82, 2.24) is 19.9 Å². The van der Waals surface area contributed by atoms with E-state index in [0.717, 1.165) is 30.6 Å². The Morgan fingerprint density at radius 3 is 2.67 bits per heavy atom. The number of hydrogen-bond donors (Lipinski definition) is 0. The summed E-state index contributed by atoms with van der Waals surface area (Å²) in [5.74, 6) is 0.158. The summed E-state index contributed by atoms with van der Waals surface area (Å²) in [5.41, 5.74) is 4.23. The molecule has 1 aromatic heterocycles. The second kappa shape index (κ2) is 7.40. The summed E-state index contributed by atoms with van der Waals surface area (Å²) in [7, 11) is 0. The molecule has 7 nitrogen and oxygen atoms in total. The maximum absolute atomic E-state index is 13.1. The van der Waals surface area contributed by atoms with Gasteiger partial charge in [-0.2, -0.15) is 9.90 Å². The highest BCUT2D eigenvalue weighted by Gasteiger charge is 2.34. The third kappa shape index (κ3) is 3.61. The third-order valence-electron chi connectivity index (χ3n) is 5.33. The van der Waals surface area contributed by atoms with Crippen LogP contribution in [0.5, 0.6) is 0 Å². The highest BCUT2D eigenvalue weighted by Crippen LogP contribution is 2.26. The predicted molar refractivity (Wildman–Crippen MR) is 99.9 cm³/mol. The van der Waals surface area contributed by atoms with Gasteiger partial charge < -0.3 is 14.4 Å². The van der Waals surface area contributed by atoms with Gasteiger partial charge >= 0.3 is 0 Å². The van der Waals surface area contributed by atoms with Gasteiger partial charge in [0.1, 0.15) is 0 Å². The van der Waals surface area contributed by atoms with Gasteiger partial charge in [0.2, 0.25) is 0 Å². The number of nitrogens with zero attached hydrogens (tertiary/aromatic N) is 4. The Labute approximate surface area is 159 Å². The van der Waals surface area contributed by atoms with E-state index in [2.05, 4.69) is 23.2 Å². The summed E-state index contributed by atoms with van der Waals surface area (Å²) in [6.07, 6.45) is 1.78. The summed E-state index contributed by atoms with van der Waals surface area (Å²) < 4.78 is 11.3. The smallest absolute Gasteiger partial charge is 0.276 e. The first-order valence-corrected chi connectivity index (χ1v) is 9.57. The molecule has 2 aliphatic rings. The molecule has 1 unspecified atom stereocenters. The maximum atomic E-state index is 13.1. The Balaban J connectivity index is 1.54. The van der Waals surface area contributed by atoms with E-state index in [0.29, 0.717) is 31.1 Å². The lowest BCUT2D eigenvalue weighted by Crippen LogP contribution is -2.44. The van der Waals surface area contributed by atoms with Crippen LogP contribution >= 0.6 is 0 Å². The number of amides is 1. The average Bonchev–Trinajstić information content (AvgIpc) is 3.31.